The van der Waals surface area contributed by atoms with Gasteiger partial charge < -0.3 is 10.2 Å². The number of rotatable bonds is 3. The zero-order valence-electron chi connectivity index (χ0n) is 13.4. The van der Waals surface area contributed by atoms with E-state index in [9.17, 15) is 9.59 Å². The molecular weight excluding hydrogens is 296 g/mol. The molecule has 2 saturated heterocycles. The fourth-order valence-electron chi connectivity index (χ4n) is 4.06. The Morgan fingerprint density at radius 3 is 2.18 bits per heavy atom. The number of carbonyl (C=O) groups is 2. The molecule has 4 nitrogen and oxygen atoms in total. The summed E-state index contributed by atoms with van der Waals surface area (Å²) in [5.41, 5.74) is 0. The molecule has 3 aliphatic rings. The Morgan fingerprint density at radius 1 is 0.864 bits per heavy atom. The van der Waals surface area contributed by atoms with Crippen molar-refractivity contribution < 1.29 is 9.59 Å². The molecule has 3 rings (SSSR count). The quantitative estimate of drug-likeness (QED) is 0.867. The van der Waals surface area contributed by atoms with Gasteiger partial charge >= 0.3 is 0 Å². The van der Waals surface area contributed by atoms with Gasteiger partial charge in [0.25, 0.3) is 0 Å². The minimum Gasteiger partial charge on any atom is -0.353 e. The van der Waals surface area contributed by atoms with Gasteiger partial charge in [-0.15, -0.1) is 0 Å². The SMILES string of the molecule is O=C(NC1CCSCC1)[C@@H]1CCCC[C@H]1C(=O)N1CCCC1. The Morgan fingerprint density at radius 2 is 1.50 bits per heavy atom. The van der Waals surface area contributed by atoms with Gasteiger partial charge in [-0.3, -0.25) is 9.59 Å². The molecule has 124 valence electrons. The molecule has 0 aromatic carbocycles. The van der Waals surface area contributed by atoms with E-state index in [-0.39, 0.29) is 23.7 Å². The van der Waals surface area contributed by atoms with E-state index in [2.05, 4.69) is 5.32 Å². The lowest BCUT2D eigenvalue weighted by Gasteiger charge is -2.34. The highest BCUT2D eigenvalue weighted by molar-refractivity contribution is 7.99. The van der Waals surface area contributed by atoms with Gasteiger partial charge in [0, 0.05) is 31.0 Å². The van der Waals surface area contributed by atoms with Crippen molar-refractivity contribution >= 4 is 23.6 Å². The van der Waals surface area contributed by atoms with Gasteiger partial charge in [0.2, 0.25) is 11.8 Å². The highest BCUT2D eigenvalue weighted by Gasteiger charge is 2.38. The van der Waals surface area contributed by atoms with Crippen molar-refractivity contribution in [2.75, 3.05) is 24.6 Å². The summed E-state index contributed by atoms with van der Waals surface area (Å²) in [4.78, 5) is 27.5. The molecule has 0 aromatic rings. The zero-order valence-corrected chi connectivity index (χ0v) is 14.2. The van der Waals surface area contributed by atoms with Gasteiger partial charge in [-0.1, -0.05) is 12.8 Å². The lowest BCUT2D eigenvalue weighted by molar-refractivity contribution is -0.143. The Balaban J connectivity index is 1.60. The van der Waals surface area contributed by atoms with Crippen LogP contribution in [0.15, 0.2) is 0 Å². The van der Waals surface area contributed by atoms with Crippen LogP contribution in [0.4, 0.5) is 0 Å². The summed E-state index contributed by atoms with van der Waals surface area (Å²) in [7, 11) is 0. The van der Waals surface area contributed by atoms with Crippen LogP contribution in [0.1, 0.15) is 51.4 Å². The van der Waals surface area contributed by atoms with Crippen molar-refractivity contribution in [2.45, 2.75) is 57.4 Å². The summed E-state index contributed by atoms with van der Waals surface area (Å²) in [6.07, 6.45) is 8.35. The van der Waals surface area contributed by atoms with E-state index in [1.54, 1.807) is 0 Å². The Bertz CT molecular complexity index is 403. The largest absolute Gasteiger partial charge is 0.353 e. The summed E-state index contributed by atoms with van der Waals surface area (Å²) in [5.74, 6) is 2.53. The second-order valence-corrected chi connectivity index (χ2v) is 8.15. The van der Waals surface area contributed by atoms with E-state index < -0.39 is 0 Å². The van der Waals surface area contributed by atoms with Crippen molar-refractivity contribution in [3.63, 3.8) is 0 Å². The predicted octanol–water partition coefficient (Wildman–Crippen LogP) is 2.43. The highest BCUT2D eigenvalue weighted by atomic mass is 32.2. The van der Waals surface area contributed by atoms with Crippen LogP contribution in [0.25, 0.3) is 0 Å². The van der Waals surface area contributed by atoms with Crippen LogP contribution in [0.5, 0.6) is 0 Å². The smallest absolute Gasteiger partial charge is 0.226 e. The fourth-order valence-corrected chi connectivity index (χ4v) is 5.17. The van der Waals surface area contributed by atoms with E-state index in [0.29, 0.717) is 6.04 Å². The van der Waals surface area contributed by atoms with Gasteiger partial charge in [-0.25, -0.2) is 0 Å². The molecule has 5 heteroatoms. The number of carbonyl (C=O) groups excluding carboxylic acids is 2. The molecule has 0 spiro atoms. The standard InChI is InChI=1S/C17H28N2O2S/c20-16(18-13-7-11-22-12-8-13)14-5-1-2-6-15(14)17(21)19-9-3-4-10-19/h13-15H,1-12H2,(H,18,20)/t14-,15-/m1/s1. The molecular formula is C17H28N2O2S. The summed E-state index contributed by atoms with van der Waals surface area (Å²) in [6.45, 7) is 1.78. The molecule has 2 heterocycles. The minimum absolute atomic E-state index is 0.0650. The summed E-state index contributed by atoms with van der Waals surface area (Å²) in [6, 6.07) is 0.332. The Labute approximate surface area is 137 Å². The molecule has 1 N–H and O–H groups in total. The van der Waals surface area contributed by atoms with E-state index >= 15 is 0 Å². The van der Waals surface area contributed by atoms with Crippen LogP contribution in [-0.4, -0.2) is 47.4 Å². The van der Waals surface area contributed by atoms with Gasteiger partial charge in [-0.05, 0) is 50.0 Å². The highest BCUT2D eigenvalue weighted by Crippen LogP contribution is 2.33. The van der Waals surface area contributed by atoms with E-state index in [4.69, 9.17) is 0 Å². The number of amides is 2. The third-order valence-corrected chi connectivity index (χ3v) is 6.45. The number of thioether (sulfide) groups is 1. The lowest BCUT2D eigenvalue weighted by Crippen LogP contribution is -2.47. The van der Waals surface area contributed by atoms with Crippen LogP contribution in [0.3, 0.4) is 0 Å². The molecule has 0 radical (unpaired) electrons. The van der Waals surface area contributed by atoms with Crippen LogP contribution in [-0.2, 0) is 9.59 Å². The molecule has 2 aliphatic heterocycles. The van der Waals surface area contributed by atoms with Crippen molar-refractivity contribution in [1.82, 2.24) is 10.2 Å². The fraction of sp³-hybridized carbons (Fsp3) is 0.882. The number of hydrogen-bond acceptors (Lipinski definition) is 3. The first-order chi connectivity index (χ1) is 10.8. The van der Waals surface area contributed by atoms with Gasteiger partial charge in [0.15, 0.2) is 0 Å². The summed E-state index contributed by atoms with van der Waals surface area (Å²) >= 11 is 1.97. The number of nitrogens with one attached hydrogen (secondary N) is 1. The maximum Gasteiger partial charge on any atom is 0.226 e. The number of hydrogen-bond donors (Lipinski definition) is 1. The third-order valence-electron chi connectivity index (χ3n) is 5.41. The van der Waals surface area contributed by atoms with Crippen LogP contribution >= 0.6 is 11.8 Å². The van der Waals surface area contributed by atoms with Crippen molar-refractivity contribution in [3.8, 4) is 0 Å². The molecule has 0 bridgehead atoms. The molecule has 1 aliphatic carbocycles. The van der Waals surface area contributed by atoms with E-state index in [1.807, 2.05) is 16.7 Å². The first kappa shape index (κ1) is 16.2. The normalized spacial score (nSPS) is 30.3. The van der Waals surface area contributed by atoms with Crippen molar-refractivity contribution in [2.24, 2.45) is 11.8 Å². The monoisotopic (exact) mass is 324 g/mol. The molecule has 2 atom stereocenters. The third kappa shape index (κ3) is 3.79. The van der Waals surface area contributed by atoms with Crippen LogP contribution in [0, 0.1) is 11.8 Å². The maximum absolute atomic E-state index is 12.8. The van der Waals surface area contributed by atoms with Gasteiger partial charge in [0.05, 0.1) is 0 Å². The lowest BCUT2D eigenvalue weighted by atomic mass is 9.77. The average Bonchev–Trinajstić information content (AvgIpc) is 3.09. The van der Waals surface area contributed by atoms with Gasteiger partial charge in [-0.2, -0.15) is 11.8 Å². The maximum atomic E-state index is 12.8. The molecule has 3 fully saturated rings. The molecule has 0 unspecified atom stereocenters. The van der Waals surface area contributed by atoms with Crippen molar-refractivity contribution in [3.05, 3.63) is 0 Å². The van der Waals surface area contributed by atoms with Gasteiger partial charge in [0.1, 0.15) is 0 Å². The first-order valence-electron chi connectivity index (χ1n) is 8.92. The van der Waals surface area contributed by atoms with E-state index in [0.717, 1.165) is 76.0 Å². The molecule has 22 heavy (non-hydrogen) atoms. The Hall–Kier alpha value is -0.710. The molecule has 1 saturated carbocycles. The Kier molecular flexibility index (Phi) is 5.66. The van der Waals surface area contributed by atoms with Crippen LogP contribution in [0.2, 0.25) is 0 Å². The molecule has 2 amide bonds. The molecule has 0 aromatic heterocycles. The predicted molar refractivity (Wildman–Crippen MR) is 89.8 cm³/mol. The van der Waals surface area contributed by atoms with Crippen molar-refractivity contribution in [1.29, 1.82) is 0 Å². The second-order valence-electron chi connectivity index (χ2n) is 6.93. The topological polar surface area (TPSA) is 49.4 Å². The second kappa shape index (κ2) is 7.71. The zero-order chi connectivity index (χ0) is 15.4. The summed E-state index contributed by atoms with van der Waals surface area (Å²) in [5, 5.41) is 3.24. The average molecular weight is 324 g/mol. The first-order valence-corrected chi connectivity index (χ1v) is 10.1. The minimum atomic E-state index is -0.0866. The van der Waals surface area contributed by atoms with Crippen LogP contribution < -0.4 is 5.32 Å². The summed E-state index contributed by atoms with van der Waals surface area (Å²) < 4.78 is 0. The van der Waals surface area contributed by atoms with E-state index in [1.165, 1.54) is 0 Å². The number of nitrogens with zero attached hydrogens (tertiary/aromatic N) is 1. The number of likely N-dealkylation sites (tertiary alicyclic amines) is 1.